The van der Waals surface area contributed by atoms with Crippen LogP contribution in [0.4, 0.5) is 0 Å². The van der Waals surface area contributed by atoms with Crippen LogP contribution in [0.2, 0.25) is 0 Å². The van der Waals surface area contributed by atoms with E-state index in [1.165, 1.54) is 38.5 Å². The summed E-state index contributed by atoms with van der Waals surface area (Å²) in [6, 6.07) is 0. The second-order valence-electron chi connectivity index (χ2n) is 15.9. The third-order valence-corrected chi connectivity index (χ3v) is 13.7. The van der Waals surface area contributed by atoms with Gasteiger partial charge in [0, 0.05) is 0 Å². The molecule has 6 nitrogen and oxygen atoms in total. The van der Waals surface area contributed by atoms with E-state index in [1.54, 1.807) is 5.57 Å². The van der Waals surface area contributed by atoms with E-state index < -0.39 is 37.3 Å². The highest BCUT2D eigenvalue weighted by Gasteiger charge is 2.59. The van der Waals surface area contributed by atoms with Crippen LogP contribution in [0.1, 0.15) is 106 Å². The number of fused-ring (bicyclic) bond motifs is 5. The summed E-state index contributed by atoms with van der Waals surface area (Å²) in [6.07, 6.45) is 7.61. The van der Waals surface area contributed by atoms with Gasteiger partial charge >= 0.3 is 0 Å². The fourth-order valence-electron chi connectivity index (χ4n) is 10.5. The smallest absolute Gasteiger partial charge is 0.186 e. The first-order valence-electron chi connectivity index (χ1n) is 17.0. The van der Waals surface area contributed by atoms with E-state index in [0.717, 1.165) is 48.9 Å². The normalized spacial score (nSPS) is 49.6. The lowest BCUT2D eigenvalue weighted by Gasteiger charge is -2.60. The second-order valence-corrected chi connectivity index (χ2v) is 15.9. The van der Waals surface area contributed by atoms with Crippen molar-refractivity contribution in [2.75, 3.05) is 6.61 Å². The lowest BCUT2D eigenvalue weighted by Crippen LogP contribution is -2.60. The molecule has 41 heavy (non-hydrogen) atoms. The van der Waals surface area contributed by atoms with Crippen molar-refractivity contribution >= 4 is 0 Å². The Labute approximate surface area is 249 Å². The fourth-order valence-corrected chi connectivity index (χ4v) is 10.5. The maximum atomic E-state index is 10.6. The summed E-state index contributed by atoms with van der Waals surface area (Å²) in [5.41, 5.74) is 2.46. The van der Waals surface area contributed by atoms with E-state index in [0.29, 0.717) is 17.3 Å². The summed E-state index contributed by atoms with van der Waals surface area (Å²) < 4.78 is 12.1. The van der Waals surface area contributed by atoms with Crippen molar-refractivity contribution in [1.29, 1.82) is 0 Å². The molecule has 0 aromatic heterocycles. The average molecular weight is 577 g/mol. The lowest BCUT2D eigenvalue weighted by atomic mass is 9.46. The zero-order valence-electron chi connectivity index (χ0n) is 26.8. The van der Waals surface area contributed by atoms with Crippen molar-refractivity contribution < 1.29 is 29.9 Å². The minimum absolute atomic E-state index is 0.0942. The van der Waals surface area contributed by atoms with Gasteiger partial charge in [0.1, 0.15) is 24.4 Å². The number of allylic oxidation sites excluding steroid dienone is 2. The summed E-state index contributed by atoms with van der Waals surface area (Å²) in [7, 11) is 0. The quantitative estimate of drug-likeness (QED) is 0.277. The van der Waals surface area contributed by atoms with E-state index in [2.05, 4.69) is 54.5 Å². The van der Waals surface area contributed by atoms with Gasteiger partial charge in [0.15, 0.2) is 6.29 Å². The van der Waals surface area contributed by atoms with Gasteiger partial charge in [-0.1, -0.05) is 73.0 Å². The van der Waals surface area contributed by atoms with Crippen molar-refractivity contribution in [2.45, 2.75) is 143 Å². The van der Waals surface area contributed by atoms with Gasteiger partial charge in [0.2, 0.25) is 0 Å². The van der Waals surface area contributed by atoms with Crippen LogP contribution >= 0.6 is 0 Å². The topological polar surface area (TPSA) is 99.4 Å². The molecule has 0 bridgehead atoms. The Balaban J connectivity index is 1.27. The number of hydrogen-bond donors (Lipinski definition) is 4. The molecular formula is C35H60O6. The molecular weight excluding hydrogens is 516 g/mol. The SMILES string of the molecule is CC1C(OC2O[C@H](CO)[C@@H](O)[C@H](O)[C@H]2O)CC[C@@]2(C)C1CC=C1[C@@H]3CC[C@H]([C@H](C)CC[C@@H](C)C(C)C)[C@@]3(C)CC[C@@H]12. The van der Waals surface area contributed by atoms with Crippen LogP contribution in [0.5, 0.6) is 0 Å². The molecule has 0 aromatic carbocycles. The standard InChI is InChI=1S/C35H60O6/c1-19(2)20(3)8-9-21(4)24-12-13-26-23-10-11-25-22(5)28(15-17-35(25,7)27(23)14-16-34(24,26)6)40-33-32(39)31(38)30(37)29(18-36)41-33/h10,19-22,24-33,36-39H,8-9,11-18H2,1-7H3/t20-,21-,22?,24-,25?,26+,27+,28?,29-,30-,31+,32-,33?,34-,35+/m1/s1. The van der Waals surface area contributed by atoms with Crippen molar-refractivity contribution in [3.05, 3.63) is 11.6 Å². The van der Waals surface area contributed by atoms with Crippen LogP contribution in [0.15, 0.2) is 11.6 Å². The van der Waals surface area contributed by atoms with Crippen LogP contribution in [0.25, 0.3) is 0 Å². The first kappa shape index (κ1) is 31.9. The third kappa shape index (κ3) is 5.50. The maximum absolute atomic E-state index is 10.6. The van der Waals surface area contributed by atoms with Gasteiger partial charge < -0.3 is 29.9 Å². The molecule has 236 valence electrons. The van der Waals surface area contributed by atoms with E-state index in [4.69, 9.17) is 9.47 Å². The molecule has 4 unspecified atom stereocenters. The summed E-state index contributed by atoms with van der Waals surface area (Å²) >= 11 is 0. The number of hydrogen-bond acceptors (Lipinski definition) is 6. The molecule has 0 radical (unpaired) electrons. The van der Waals surface area contributed by atoms with Crippen molar-refractivity contribution in [1.82, 2.24) is 0 Å². The minimum atomic E-state index is -1.40. The highest BCUT2D eigenvalue weighted by atomic mass is 16.7. The van der Waals surface area contributed by atoms with Crippen LogP contribution in [0, 0.1) is 58.2 Å². The number of aliphatic hydroxyl groups is 4. The molecule has 1 heterocycles. The first-order chi connectivity index (χ1) is 19.3. The Morgan fingerprint density at radius 2 is 1.59 bits per heavy atom. The zero-order chi connectivity index (χ0) is 29.9. The van der Waals surface area contributed by atoms with Crippen molar-refractivity contribution in [3.8, 4) is 0 Å². The zero-order valence-corrected chi connectivity index (χ0v) is 26.8. The molecule has 5 aliphatic rings. The van der Waals surface area contributed by atoms with Crippen molar-refractivity contribution in [3.63, 3.8) is 0 Å². The van der Waals surface area contributed by atoms with Crippen LogP contribution < -0.4 is 0 Å². The average Bonchev–Trinajstić information content (AvgIpc) is 3.30. The minimum Gasteiger partial charge on any atom is -0.394 e. The number of rotatable bonds is 8. The monoisotopic (exact) mass is 576 g/mol. The van der Waals surface area contributed by atoms with Gasteiger partial charge in [-0.25, -0.2) is 0 Å². The van der Waals surface area contributed by atoms with Crippen molar-refractivity contribution in [2.24, 2.45) is 58.2 Å². The predicted octanol–water partition coefficient (Wildman–Crippen LogP) is 5.70. The van der Waals surface area contributed by atoms with Gasteiger partial charge in [-0.05, 0) is 103 Å². The summed E-state index contributed by atoms with van der Waals surface area (Å²) in [4.78, 5) is 0. The predicted molar refractivity (Wildman–Crippen MR) is 161 cm³/mol. The molecule has 4 N–H and O–H groups in total. The van der Waals surface area contributed by atoms with Gasteiger partial charge in [0.25, 0.3) is 0 Å². The Morgan fingerprint density at radius 1 is 0.902 bits per heavy atom. The largest absolute Gasteiger partial charge is 0.394 e. The van der Waals surface area contributed by atoms with Gasteiger partial charge in [-0.3, -0.25) is 0 Å². The highest BCUT2D eigenvalue weighted by molar-refractivity contribution is 5.28. The molecule has 1 aliphatic heterocycles. The molecule has 6 heteroatoms. The lowest BCUT2D eigenvalue weighted by molar-refractivity contribution is -0.320. The number of aliphatic hydroxyl groups excluding tert-OH is 4. The highest BCUT2D eigenvalue weighted by Crippen LogP contribution is 2.67. The molecule has 15 atom stereocenters. The molecule has 5 rings (SSSR count). The molecule has 3 saturated carbocycles. The van der Waals surface area contributed by atoms with E-state index >= 15 is 0 Å². The Morgan fingerprint density at radius 3 is 2.27 bits per heavy atom. The van der Waals surface area contributed by atoms with E-state index in [-0.39, 0.29) is 17.4 Å². The third-order valence-electron chi connectivity index (χ3n) is 13.7. The second kappa shape index (κ2) is 12.1. The molecule has 4 fully saturated rings. The van der Waals surface area contributed by atoms with Gasteiger partial charge in [-0.2, -0.15) is 0 Å². The Kier molecular flexibility index (Phi) is 9.43. The Hall–Kier alpha value is -0.500. The molecule has 4 aliphatic carbocycles. The molecule has 1 saturated heterocycles. The Bertz CT molecular complexity index is 934. The summed E-state index contributed by atoms with van der Waals surface area (Å²) in [5, 5.41) is 40.6. The fraction of sp³-hybridized carbons (Fsp3) is 0.943. The first-order valence-corrected chi connectivity index (χ1v) is 17.0. The molecule has 0 spiro atoms. The number of ether oxygens (including phenoxy) is 2. The van der Waals surface area contributed by atoms with Crippen LogP contribution in [-0.2, 0) is 9.47 Å². The van der Waals surface area contributed by atoms with Gasteiger partial charge in [-0.15, -0.1) is 0 Å². The summed E-state index contributed by atoms with van der Waals surface area (Å²) in [6.45, 7) is 16.7. The van der Waals surface area contributed by atoms with E-state index in [9.17, 15) is 20.4 Å². The summed E-state index contributed by atoms with van der Waals surface area (Å²) in [5.74, 6) is 5.36. The van der Waals surface area contributed by atoms with Crippen LogP contribution in [-0.4, -0.2) is 63.8 Å². The van der Waals surface area contributed by atoms with Gasteiger partial charge in [0.05, 0.1) is 12.7 Å². The molecule has 0 aromatic rings. The maximum Gasteiger partial charge on any atom is 0.186 e. The van der Waals surface area contributed by atoms with Crippen LogP contribution in [0.3, 0.4) is 0 Å². The van der Waals surface area contributed by atoms with E-state index in [1.807, 2.05) is 0 Å². The molecule has 0 amide bonds.